The molecule has 0 bridgehead atoms. The summed E-state index contributed by atoms with van der Waals surface area (Å²) in [7, 11) is 1.82. The molecular formula is C6H10NO2. The van der Waals surface area contributed by atoms with Gasteiger partial charge in [0.2, 0.25) is 0 Å². The maximum atomic E-state index is 10.4. The Morgan fingerprint density at radius 1 is 1.89 bits per heavy atom. The van der Waals surface area contributed by atoms with Crippen LogP contribution in [0.5, 0.6) is 0 Å². The zero-order valence-electron chi connectivity index (χ0n) is 5.37. The molecule has 51 valence electrons. The largest absolute Gasteiger partial charge is 0.480 e. The second-order valence-electron chi connectivity index (χ2n) is 2.32. The molecule has 1 rings (SSSR count). The molecule has 1 N–H and O–H groups in total. The smallest absolute Gasteiger partial charge is 0.320 e. The Morgan fingerprint density at radius 2 is 2.56 bits per heavy atom. The van der Waals surface area contributed by atoms with Gasteiger partial charge in [-0.05, 0) is 19.9 Å². The highest BCUT2D eigenvalue weighted by Gasteiger charge is 2.26. The molecule has 1 aliphatic heterocycles. The SMILES string of the molecule is CN1C[CH]C[C@H]1C(=O)O. The van der Waals surface area contributed by atoms with E-state index in [0.29, 0.717) is 6.42 Å². The summed E-state index contributed by atoms with van der Waals surface area (Å²) in [4.78, 5) is 12.2. The van der Waals surface area contributed by atoms with Gasteiger partial charge in [0.1, 0.15) is 6.04 Å². The molecule has 0 amide bonds. The highest BCUT2D eigenvalue weighted by atomic mass is 16.4. The van der Waals surface area contributed by atoms with Crippen molar-refractivity contribution in [3.8, 4) is 0 Å². The van der Waals surface area contributed by atoms with Gasteiger partial charge in [0.05, 0.1) is 0 Å². The van der Waals surface area contributed by atoms with Crippen LogP contribution in [0.15, 0.2) is 0 Å². The standard InChI is InChI=1S/C6H10NO2/c1-7-4-2-3-5(7)6(8)9/h2,5H,3-4H2,1H3,(H,8,9)/t5-/m0/s1. The number of hydrogen-bond donors (Lipinski definition) is 1. The summed E-state index contributed by atoms with van der Waals surface area (Å²) in [5.74, 6) is -0.716. The molecule has 9 heavy (non-hydrogen) atoms. The fraction of sp³-hybridized carbons (Fsp3) is 0.667. The molecule has 0 saturated carbocycles. The Balaban J connectivity index is 2.49. The van der Waals surface area contributed by atoms with Gasteiger partial charge in [-0.15, -0.1) is 0 Å². The molecule has 0 aliphatic carbocycles. The Morgan fingerprint density at radius 3 is 2.78 bits per heavy atom. The van der Waals surface area contributed by atoms with Crippen LogP contribution in [0.4, 0.5) is 0 Å². The Kier molecular flexibility index (Phi) is 1.71. The summed E-state index contributed by atoms with van der Waals surface area (Å²) >= 11 is 0. The fourth-order valence-corrected chi connectivity index (χ4v) is 1.03. The third-order valence-electron chi connectivity index (χ3n) is 1.62. The predicted octanol–water partition coefficient (Wildman–Crippen LogP) is -0.0206. The van der Waals surface area contributed by atoms with Gasteiger partial charge in [0, 0.05) is 6.54 Å². The number of carbonyl (C=O) groups is 1. The average molecular weight is 128 g/mol. The molecule has 1 aliphatic rings. The van der Waals surface area contributed by atoms with Crippen molar-refractivity contribution >= 4 is 5.97 Å². The molecule has 1 atom stereocenters. The molecule has 3 nitrogen and oxygen atoms in total. The molecule has 0 aromatic carbocycles. The number of rotatable bonds is 1. The minimum atomic E-state index is -0.716. The molecule has 0 aromatic heterocycles. The van der Waals surface area contributed by atoms with Crippen molar-refractivity contribution in [1.29, 1.82) is 0 Å². The lowest BCUT2D eigenvalue weighted by molar-refractivity contribution is -0.141. The summed E-state index contributed by atoms with van der Waals surface area (Å²) in [5.41, 5.74) is 0. The molecular weight excluding hydrogens is 118 g/mol. The molecule has 0 aromatic rings. The summed E-state index contributed by atoms with van der Waals surface area (Å²) in [6.45, 7) is 0.803. The zero-order valence-corrected chi connectivity index (χ0v) is 5.37. The zero-order chi connectivity index (χ0) is 6.85. The molecule has 1 saturated heterocycles. The van der Waals surface area contributed by atoms with Crippen molar-refractivity contribution in [1.82, 2.24) is 4.90 Å². The van der Waals surface area contributed by atoms with Gasteiger partial charge in [-0.25, -0.2) is 0 Å². The van der Waals surface area contributed by atoms with Gasteiger partial charge in [-0.1, -0.05) is 0 Å². The second kappa shape index (κ2) is 2.35. The van der Waals surface area contributed by atoms with Gasteiger partial charge in [-0.3, -0.25) is 9.69 Å². The monoisotopic (exact) mass is 128 g/mol. The van der Waals surface area contributed by atoms with Crippen LogP contribution in [-0.4, -0.2) is 35.6 Å². The third-order valence-corrected chi connectivity index (χ3v) is 1.62. The van der Waals surface area contributed by atoms with Gasteiger partial charge in [0.25, 0.3) is 0 Å². The van der Waals surface area contributed by atoms with Crippen LogP contribution in [0.3, 0.4) is 0 Å². The predicted molar refractivity (Wildman–Crippen MR) is 33.0 cm³/mol. The number of aliphatic carboxylic acids is 1. The van der Waals surface area contributed by atoms with E-state index in [1.54, 1.807) is 0 Å². The first kappa shape index (κ1) is 6.55. The lowest BCUT2D eigenvalue weighted by Gasteiger charge is -2.13. The van der Waals surface area contributed by atoms with Crippen LogP contribution >= 0.6 is 0 Å². The van der Waals surface area contributed by atoms with Crippen LogP contribution < -0.4 is 0 Å². The number of hydrogen-bond acceptors (Lipinski definition) is 2. The lowest BCUT2D eigenvalue weighted by atomic mass is 10.2. The number of nitrogens with zero attached hydrogens (tertiary/aromatic N) is 1. The van der Waals surface area contributed by atoms with Gasteiger partial charge in [0.15, 0.2) is 0 Å². The van der Waals surface area contributed by atoms with E-state index in [9.17, 15) is 4.79 Å². The van der Waals surface area contributed by atoms with E-state index in [4.69, 9.17) is 5.11 Å². The second-order valence-corrected chi connectivity index (χ2v) is 2.32. The van der Waals surface area contributed by atoms with E-state index >= 15 is 0 Å². The Labute approximate surface area is 54.3 Å². The maximum absolute atomic E-state index is 10.4. The number of likely N-dealkylation sites (tertiary alicyclic amines) is 1. The van der Waals surface area contributed by atoms with E-state index < -0.39 is 5.97 Å². The summed E-state index contributed by atoms with van der Waals surface area (Å²) in [6, 6.07) is -0.273. The van der Waals surface area contributed by atoms with Crippen molar-refractivity contribution in [2.24, 2.45) is 0 Å². The van der Waals surface area contributed by atoms with Crippen molar-refractivity contribution in [3.05, 3.63) is 6.42 Å². The number of likely N-dealkylation sites (N-methyl/N-ethyl adjacent to an activating group) is 1. The van der Waals surface area contributed by atoms with Gasteiger partial charge >= 0.3 is 5.97 Å². The summed E-state index contributed by atoms with van der Waals surface area (Å²) in [6.07, 6.45) is 2.67. The minimum absolute atomic E-state index is 0.273. The van der Waals surface area contributed by atoms with E-state index in [-0.39, 0.29) is 6.04 Å². The van der Waals surface area contributed by atoms with Crippen LogP contribution in [0.1, 0.15) is 6.42 Å². The topological polar surface area (TPSA) is 40.5 Å². The van der Waals surface area contributed by atoms with E-state index in [1.807, 2.05) is 18.4 Å². The maximum Gasteiger partial charge on any atom is 0.320 e. The number of carboxylic acids is 1. The molecule has 1 heterocycles. The first-order chi connectivity index (χ1) is 4.22. The molecule has 0 spiro atoms. The highest BCUT2D eigenvalue weighted by molar-refractivity contribution is 5.74. The van der Waals surface area contributed by atoms with Crippen LogP contribution in [0.25, 0.3) is 0 Å². The molecule has 0 unspecified atom stereocenters. The number of carboxylic acid groups (broad SMARTS) is 1. The Bertz CT molecular complexity index is 124. The molecule has 1 fully saturated rings. The van der Waals surface area contributed by atoms with Crippen LogP contribution in [-0.2, 0) is 4.79 Å². The minimum Gasteiger partial charge on any atom is -0.480 e. The van der Waals surface area contributed by atoms with Gasteiger partial charge < -0.3 is 5.11 Å². The third kappa shape index (κ3) is 1.21. The summed E-state index contributed by atoms with van der Waals surface area (Å²) in [5, 5.41) is 8.52. The van der Waals surface area contributed by atoms with Crippen molar-refractivity contribution < 1.29 is 9.90 Å². The van der Waals surface area contributed by atoms with E-state index in [0.717, 1.165) is 6.54 Å². The highest BCUT2D eigenvalue weighted by Crippen LogP contribution is 2.12. The lowest BCUT2D eigenvalue weighted by Crippen LogP contribution is -2.32. The van der Waals surface area contributed by atoms with Crippen molar-refractivity contribution in [3.63, 3.8) is 0 Å². The van der Waals surface area contributed by atoms with E-state index in [2.05, 4.69) is 0 Å². The van der Waals surface area contributed by atoms with Crippen LogP contribution in [0, 0.1) is 6.42 Å². The first-order valence-electron chi connectivity index (χ1n) is 2.96. The fourth-order valence-electron chi connectivity index (χ4n) is 1.03. The van der Waals surface area contributed by atoms with E-state index in [1.165, 1.54) is 0 Å². The quantitative estimate of drug-likeness (QED) is 0.539. The Hall–Kier alpha value is -0.570. The normalized spacial score (nSPS) is 28.8. The first-order valence-corrected chi connectivity index (χ1v) is 2.96. The molecule has 3 heteroatoms. The summed E-state index contributed by atoms with van der Waals surface area (Å²) < 4.78 is 0. The van der Waals surface area contributed by atoms with Crippen LogP contribution in [0.2, 0.25) is 0 Å². The van der Waals surface area contributed by atoms with Crippen molar-refractivity contribution in [2.45, 2.75) is 12.5 Å². The van der Waals surface area contributed by atoms with Crippen molar-refractivity contribution in [2.75, 3.05) is 13.6 Å². The average Bonchev–Trinajstić information content (AvgIpc) is 2.13. The van der Waals surface area contributed by atoms with Gasteiger partial charge in [-0.2, -0.15) is 0 Å². The molecule has 1 radical (unpaired) electrons.